The molecule has 0 radical (unpaired) electrons. The molecule has 1 heterocycles. The van der Waals surface area contributed by atoms with Crippen molar-refractivity contribution in [1.82, 2.24) is 10.1 Å². The number of benzene rings is 1. The Morgan fingerprint density at radius 2 is 2.26 bits per heavy atom. The summed E-state index contributed by atoms with van der Waals surface area (Å²) in [6, 6.07) is 5.65. The zero-order valence-corrected chi connectivity index (χ0v) is 14.3. The van der Waals surface area contributed by atoms with Gasteiger partial charge in [0.2, 0.25) is 0 Å². The minimum atomic E-state index is 0.546. The van der Waals surface area contributed by atoms with Crippen molar-refractivity contribution in [2.24, 2.45) is 0 Å². The van der Waals surface area contributed by atoms with Crippen LogP contribution in [0, 0.1) is 3.57 Å². The third-order valence-electron chi connectivity index (χ3n) is 2.52. The van der Waals surface area contributed by atoms with Gasteiger partial charge < -0.3 is 4.52 Å². The van der Waals surface area contributed by atoms with E-state index in [1.165, 1.54) is 0 Å². The highest BCUT2D eigenvalue weighted by Gasteiger charge is 2.12. The summed E-state index contributed by atoms with van der Waals surface area (Å²) in [4.78, 5) is 4.43. The summed E-state index contributed by atoms with van der Waals surface area (Å²) in [6.45, 7) is 2.16. The Balaban J connectivity index is 2.06. The molecule has 1 aromatic heterocycles. The van der Waals surface area contributed by atoms with Crippen LogP contribution in [0.4, 0.5) is 0 Å². The molecular weight excluding hydrogens is 395 g/mol. The quantitative estimate of drug-likeness (QED) is 0.514. The van der Waals surface area contributed by atoms with Gasteiger partial charge in [0.25, 0.3) is 5.89 Å². The summed E-state index contributed by atoms with van der Waals surface area (Å²) in [7, 11) is 0. The molecule has 2 aromatic rings. The monoisotopic (exact) mass is 408 g/mol. The third kappa shape index (κ3) is 4.36. The molecule has 0 amide bonds. The number of hydrogen-bond acceptors (Lipinski definition) is 4. The number of aryl methyl sites for hydroxylation is 1. The van der Waals surface area contributed by atoms with Crippen LogP contribution in [-0.4, -0.2) is 21.6 Å². The predicted octanol–water partition coefficient (Wildman–Crippen LogP) is 4.68. The molecule has 0 spiro atoms. The van der Waals surface area contributed by atoms with E-state index < -0.39 is 0 Å². The number of halogens is 2. The van der Waals surface area contributed by atoms with Crippen LogP contribution in [-0.2, 0) is 6.42 Å². The minimum Gasteiger partial charge on any atom is -0.334 e. The third-order valence-corrected chi connectivity index (χ3v) is 4.68. The predicted molar refractivity (Wildman–Crippen MR) is 88.8 cm³/mol. The van der Waals surface area contributed by atoms with Crippen LogP contribution in [0.1, 0.15) is 19.2 Å². The van der Waals surface area contributed by atoms with Gasteiger partial charge in [0, 0.05) is 15.0 Å². The lowest BCUT2D eigenvalue weighted by molar-refractivity contribution is 0.422. The summed E-state index contributed by atoms with van der Waals surface area (Å²) >= 11 is 10.2. The van der Waals surface area contributed by atoms with Gasteiger partial charge in [-0.25, -0.2) is 0 Å². The lowest BCUT2D eigenvalue weighted by Crippen LogP contribution is -1.91. The van der Waals surface area contributed by atoms with Gasteiger partial charge in [0.05, 0.1) is 5.56 Å². The highest BCUT2D eigenvalue weighted by Crippen LogP contribution is 2.27. The van der Waals surface area contributed by atoms with Gasteiger partial charge in [-0.2, -0.15) is 16.7 Å². The first-order chi connectivity index (χ1) is 9.20. The zero-order valence-electron chi connectivity index (χ0n) is 10.5. The Labute approximate surface area is 135 Å². The number of hydrogen-bond donors (Lipinski definition) is 0. The van der Waals surface area contributed by atoms with Crippen LogP contribution >= 0.6 is 46.0 Å². The number of nitrogens with zero attached hydrogens (tertiary/aromatic N) is 2. The molecule has 1 aromatic carbocycles. The van der Waals surface area contributed by atoms with Gasteiger partial charge in [0.1, 0.15) is 0 Å². The number of aromatic nitrogens is 2. The van der Waals surface area contributed by atoms with E-state index in [4.69, 9.17) is 16.1 Å². The Morgan fingerprint density at radius 1 is 1.42 bits per heavy atom. The van der Waals surface area contributed by atoms with Crippen LogP contribution in [0.3, 0.4) is 0 Å². The second-order valence-corrected chi connectivity index (χ2v) is 6.93. The van der Waals surface area contributed by atoms with Crippen molar-refractivity contribution >= 4 is 46.0 Å². The molecule has 0 aliphatic heterocycles. The van der Waals surface area contributed by atoms with Crippen LogP contribution in [0.5, 0.6) is 0 Å². The maximum absolute atomic E-state index is 6.00. The fourth-order valence-corrected chi connectivity index (χ4v) is 2.98. The molecule has 0 N–H and O–H groups in total. The molecule has 0 bridgehead atoms. The molecule has 0 aliphatic carbocycles. The molecule has 0 unspecified atom stereocenters. The van der Waals surface area contributed by atoms with Crippen LogP contribution in [0.15, 0.2) is 22.7 Å². The fraction of sp³-hybridized carbons (Fsp3) is 0.385. The van der Waals surface area contributed by atoms with Gasteiger partial charge >= 0.3 is 0 Å². The summed E-state index contributed by atoms with van der Waals surface area (Å²) in [6.07, 6.45) is 1.93. The molecular formula is C13H14ClIN2OS. The van der Waals surface area contributed by atoms with Crippen molar-refractivity contribution in [2.75, 3.05) is 11.5 Å². The fourth-order valence-electron chi connectivity index (χ4n) is 1.60. The van der Waals surface area contributed by atoms with Gasteiger partial charge in [-0.15, -0.1) is 0 Å². The van der Waals surface area contributed by atoms with Crippen molar-refractivity contribution in [3.63, 3.8) is 0 Å². The lowest BCUT2D eigenvalue weighted by atomic mass is 10.2. The van der Waals surface area contributed by atoms with Crippen LogP contribution in [0.25, 0.3) is 11.5 Å². The Bertz CT molecular complexity index is 547. The van der Waals surface area contributed by atoms with Crippen molar-refractivity contribution in [3.8, 4) is 11.5 Å². The first-order valence-electron chi connectivity index (χ1n) is 6.06. The van der Waals surface area contributed by atoms with E-state index in [9.17, 15) is 0 Å². The molecule has 102 valence electrons. The van der Waals surface area contributed by atoms with Crippen molar-refractivity contribution in [1.29, 1.82) is 0 Å². The van der Waals surface area contributed by atoms with Gasteiger partial charge in [0.15, 0.2) is 5.82 Å². The molecule has 3 nitrogen and oxygen atoms in total. The van der Waals surface area contributed by atoms with E-state index in [2.05, 4.69) is 39.7 Å². The summed E-state index contributed by atoms with van der Waals surface area (Å²) < 4.78 is 6.37. The van der Waals surface area contributed by atoms with Gasteiger partial charge in [-0.3, -0.25) is 0 Å². The van der Waals surface area contributed by atoms with Crippen molar-refractivity contribution in [3.05, 3.63) is 32.6 Å². The Hall–Kier alpha value is -0.270. The second-order valence-electron chi connectivity index (χ2n) is 3.94. The zero-order chi connectivity index (χ0) is 13.7. The second kappa shape index (κ2) is 7.50. The van der Waals surface area contributed by atoms with E-state index >= 15 is 0 Å². The molecule has 0 saturated heterocycles. The number of thioether (sulfide) groups is 1. The normalized spacial score (nSPS) is 10.9. The molecule has 19 heavy (non-hydrogen) atoms. The van der Waals surface area contributed by atoms with Crippen molar-refractivity contribution in [2.45, 2.75) is 19.8 Å². The minimum absolute atomic E-state index is 0.546. The highest BCUT2D eigenvalue weighted by molar-refractivity contribution is 14.1. The summed E-state index contributed by atoms with van der Waals surface area (Å²) in [5, 5.41) is 4.69. The first-order valence-corrected chi connectivity index (χ1v) is 8.67. The first kappa shape index (κ1) is 15.1. The highest BCUT2D eigenvalue weighted by atomic mass is 127. The smallest absolute Gasteiger partial charge is 0.259 e. The standard InChI is InChI=1S/C13H14ClIN2OS/c1-2-19-7-3-4-12-16-13(18-17-12)10-8-9(14)5-6-11(10)15/h5-6,8H,2-4,7H2,1H3. The molecule has 0 atom stereocenters. The average molecular weight is 409 g/mol. The summed E-state index contributed by atoms with van der Waals surface area (Å²) in [5.74, 6) is 3.60. The van der Waals surface area contributed by atoms with Crippen LogP contribution in [0.2, 0.25) is 5.02 Å². The largest absolute Gasteiger partial charge is 0.334 e. The molecule has 6 heteroatoms. The van der Waals surface area contributed by atoms with E-state index in [-0.39, 0.29) is 0 Å². The van der Waals surface area contributed by atoms with E-state index in [0.717, 1.165) is 39.3 Å². The van der Waals surface area contributed by atoms with Gasteiger partial charge in [-0.05, 0) is 58.7 Å². The molecule has 0 fully saturated rings. The maximum atomic E-state index is 6.00. The molecule has 0 aliphatic rings. The number of rotatable bonds is 6. The SMILES string of the molecule is CCSCCCc1noc(-c2cc(Cl)ccc2I)n1. The van der Waals surface area contributed by atoms with E-state index in [1.54, 1.807) is 0 Å². The van der Waals surface area contributed by atoms with Crippen LogP contribution < -0.4 is 0 Å². The van der Waals surface area contributed by atoms with Crippen molar-refractivity contribution < 1.29 is 4.52 Å². The molecule has 2 rings (SSSR count). The average Bonchev–Trinajstić information content (AvgIpc) is 2.86. The molecule has 0 saturated carbocycles. The van der Waals surface area contributed by atoms with Gasteiger partial charge in [-0.1, -0.05) is 23.7 Å². The Kier molecular flexibility index (Phi) is 5.97. The van der Waals surface area contributed by atoms with E-state index in [1.807, 2.05) is 30.0 Å². The Morgan fingerprint density at radius 3 is 3.05 bits per heavy atom. The lowest BCUT2D eigenvalue weighted by Gasteiger charge is -1.98. The topological polar surface area (TPSA) is 38.9 Å². The van der Waals surface area contributed by atoms with E-state index in [0.29, 0.717) is 10.9 Å². The maximum Gasteiger partial charge on any atom is 0.259 e. The summed E-state index contributed by atoms with van der Waals surface area (Å²) in [5.41, 5.74) is 0.898.